The minimum atomic E-state index is -1.73. The number of hydrogen-bond acceptors (Lipinski definition) is 2. The van der Waals surface area contributed by atoms with E-state index < -0.39 is 15.4 Å². The fourth-order valence-electron chi connectivity index (χ4n) is 0.810. The van der Waals surface area contributed by atoms with Gasteiger partial charge in [-0.15, -0.1) is 0 Å². The van der Waals surface area contributed by atoms with Crippen LogP contribution in [0, 0.1) is 0 Å². The average molecular weight is 232 g/mol. The molecule has 0 aromatic rings. The Balaban J connectivity index is 4.16. The van der Waals surface area contributed by atoms with Crippen molar-refractivity contribution in [3.05, 3.63) is 0 Å². The molecule has 4 heteroatoms. The van der Waals surface area contributed by atoms with Gasteiger partial charge < -0.3 is 4.43 Å². The van der Waals surface area contributed by atoms with Gasteiger partial charge in [0.15, 0.2) is 0 Å². The van der Waals surface area contributed by atoms with Crippen LogP contribution in [0.1, 0.15) is 26.2 Å². The highest BCUT2D eigenvalue weighted by molar-refractivity contribution is 7.38. The highest BCUT2D eigenvalue weighted by atomic mass is 29.3. The second kappa shape index (κ2) is 5.12. The molecule has 0 rings (SSSR count). The Kier molecular flexibility index (Phi) is 5.08. The van der Waals surface area contributed by atoms with Crippen molar-refractivity contribution >= 4 is 21.4 Å². The molecule has 0 saturated carbocycles. The SMILES string of the molecule is CCCCC(=O)O[Si](C)(C)[Si](C)(C)C. The van der Waals surface area contributed by atoms with Gasteiger partial charge in [-0.2, -0.15) is 0 Å². The minimum Gasteiger partial charge on any atom is -0.522 e. The van der Waals surface area contributed by atoms with Crippen molar-refractivity contribution in [3.63, 3.8) is 0 Å². The molecule has 0 aliphatic rings. The van der Waals surface area contributed by atoms with Gasteiger partial charge in [-0.3, -0.25) is 4.79 Å². The molecule has 0 amide bonds. The van der Waals surface area contributed by atoms with E-state index in [-0.39, 0.29) is 5.97 Å². The van der Waals surface area contributed by atoms with Gasteiger partial charge >= 0.3 is 0 Å². The van der Waals surface area contributed by atoms with Crippen molar-refractivity contribution < 1.29 is 9.22 Å². The molecule has 0 spiro atoms. The zero-order valence-corrected chi connectivity index (χ0v) is 12.4. The maximum absolute atomic E-state index is 11.5. The smallest absolute Gasteiger partial charge is 0.292 e. The van der Waals surface area contributed by atoms with Crippen molar-refractivity contribution in [2.45, 2.75) is 58.9 Å². The van der Waals surface area contributed by atoms with Gasteiger partial charge in [-0.1, -0.05) is 33.0 Å². The normalized spacial score (nSPS) is 12.7. The maximum atomic E-state index is 11.5. The number of rotatable bonds is 5. The third kappa shape index (κ3) is 4.42. The molecular weight excluding hydrogens is 208 g/mol. The van der Waals surface area contributed by atoms with E-state index in [2.05, 4.69) is 39.7 Å². The Morgan fingerprint density at radius 2 is 1.64 bits per heavy atom. The van der Waals surface area contributed by atoms with Crippen LogP contribution in [0.15, 0.2) is 0 Å². The van der Waals surface area contributed by atoms with Crippen molar-refractivity contribution in [1.29, 1.82) is 0 Å². The topological polar surface area (TPSA) is 26.3 Å². The Morgan fingerprint density at radius 3 is 2.00 bits per heavy atom. The lowest BCUT2D eigenvalue weighted by molar-refractivity contribution is -0.135. The Hall–Kier alpha value is -0.0962. The van der Waals surface area contributed by atoms with Gasteiger partial charge in [0.25, 0.3) is 5.97 Å². The zero-order valence-electron chi connectivity index (χ0n) is 10.4. The second-order valence-corrected chi connectivity index (χ2v) is 21.2. The zero-order chi connectivity index (χ0) is 11.4. The molecule has 0 aromatic heterocycles. The summed E-state index contributed by atoms with van der Waals surface area (Å²) in [5, 5.41) is 0. The van der Waals surface area contributed by atoms with Crippen LogP contribution in [-0.2, 0) is 9.22 Å². The molecule has 14 heavy (non-hydrogen) atoms. The van der Waals surface area contributed by atoms with Crippen LogP contribution in [0.5, 0.6) is 0 Å². The summed E-state index contributed by atoms with van der Waals surface area (Å²) >= 11 is 0. The molecule has 0 atom stereocenters. The summed E-state index contributed by atoms with van der Waals surface area (Å²) in [5.74, 6) is 0.0194. The van der Waals surface area contributed by atoms with Crippen LogP contribution < -0.4 is 0 Å². The summed E-state index contributed by atoms with van der Waals surface area (Å²) in [6, 6.07) is 0. The van der Waals surface area contributed by atoms with E-state index in [1.54, 1.807) is 0 Å². The first-order valence-electron chi connectivity index (χ1n) is 5.42. The highest BCUT2D eigenvalue weighted by Crippen LogP contribution is 2.20. The van der Waals surface area contributed by atoms with Crippen LogP contribution in [0.25, 0.3) is 0 Å². The van der Waals surface area contributed by atoms with Crippen LogP contribution in [0.2, 0.25) is 32.7 Å². The van der Waals surface area contributed by atoms with E-state index in [4.69, 9.17) is 4.43 Å². The summed E-state index contributed by atoms with van der Waals surface area (Å²) in [4.78, 5) is 11.5. The number of carbonyl (C=O) groups excluding carboxylic acids is 1. The summed E-state index contributed by atoms with van der Waals surface area (Å²) in [7, 11) is -3.02. The molecule has 84 valence electrons. The molecule has 0 saturated heterocycles. The fraction of sp³-hybridized carbons (Fsp3) is 0.900. The highest BCUT2D eigenvalue weighted by Gasteiger charge is 2.41. The predicted octanol–water partition coefficient (Wildman–Crippen LogP) is 3.34. The molecule has 0 fully saturated rings. The summed E-state index contributed by atoms with van der Waals surface area (Å²) in [5.41, 5.74) is 0. The molecule has 0 aliphatic carbocycles. The van der Waals surface area contributed by atoms with E-state index in [1.807, 2.05) is 0 Å². The quantitative estimate of drug-likeness (QED) is 0.680. The van der Waals surface area contributed by atoms with E-state index in [0.717, 1.165) is 12.8 Å². The molecule has 0 aliphatic heterocycles. The van der Waals surface area contributed by atoms with E-state index in [0.29, 0.717) is 6.42 Å². The standard InChI is InChI=1S/C10H24O2Si2/c1-7-8-9-10(11)12-14(5,6)13(2,3)4/h7-9H2,1-6H3. The van der Waals surface area contributed by atoms with Gasteiger partial charge in [-0.25, -0.2) is 0 Å². The van der Waals surface area contributed by atoms with E-state index in [9.17, 15) is 4.79 Å². The first-order valence-corrected chi connectivity index (χ1v) is 12.8. The van der Waals surface area contributed by atoms with Crippen molar-refractivity contribution in [3.8, 4) is 0 Å². The number of unbranched alkanes of at least 4 members (excludes halogenated alkanes) is 1. The molecule has 0 heterocycles. The van der Waals surface area contributed by atoms with Crippen LogP contribution in [0.4, 0.5) is 0 Å². The fourth-order valence-corrected chi connectivity index (χ4v) is 3.05. The summed E-state index contributed by atoms with van der Waals surface area (Å²) < 4.78 is 5.67. The summed E-state index contributed by atoms with van der Waals surface area (Å²) in [6.45, 7) is 13.3. The van der Waals surface area contributed by atoms with Gasteiger partial charge in [0.1, 0.15) is 0 Å². The van der Waals surface area contributed by atoms with E-state index >= 15 is 0 Å². The Bertz CT molecular complexity index is 195. The van der Waals surface area contributed by atoms with Gasteiger partial charge in [0.05, 0.1) is 7.59 Å². The first kappa shape index (κ1) is 13.9. The van der Waals surface area contributed by atoms with E-state index in [1.165, 1.54) is 0 Å². The summed E-state index contributed by atoms with van der Waals surface area (Å²) in [6.07, 6.45) is 2.61. The average Bonchev–Trinajstić information content (AvgIpc) is 1.97. The lowest BCUT2D eigenvalue weighted by Gasteiger charge is -2.34. The first-order chi connectivity index (χ1) is 6.20. The lowest BCUT2D eigenvalue weighted by atomic mass is 10.3. The maximum Gasteiger partial charge on any atom is 0.292 e. The monoisotopic (exact) mass is 232 g/mol. The second-order valence-electron chi connectivity index (χ2n) is 5.34. The molecular formula is C10H24O2Si2. The number of carbonyl (C=O) groups is 1. The molecule has 0 unspecified atom stereocenters. The molecule has 2 nitrogen and oxygen atoms in total. The van der Waals surface area contributed by atoms with Crippen LogP contribution >= 0.6 is 0 Å². The molecule has 0 radical (unpaired) electrons. The molecule has 0 bridgehead atoms. The van der Waals surface area contributed by atoms with Gasteiger partial charge in [0.2, 0.25) is 7.83 Å². The van der Waals surface area contributed by atoms with Crippen molar-refractivity contribution in [2.24, 2.45) is 0 Å². The number of hydrogen-bond donors (Lipinski definition) is 0. The van der Waals surface area contributed by atoms with Gasteiger partial charge in [-0.05, 0) is 19.5 Å². The third-order valence-corrected chi connectivity index (χ3v) is 18.4. The molecule has 0 N–H and O–H groups in total. The van der Waals surface area contributed by atoms with Crippen molar-refractivity contribution in [2.75, 3.05) is 0 Å². The lowest BCUT2D eigenvalue weighted by Crippen LogP contribution is -2.55. The molecule has 0 aromatic carbocycles. The Morgan fingerprint density at radius 1 is 1.14 bits per heavy atom. The van der Waals surface area contributed by atoms with Crippen molar-refractivity contribution in [1.82, 2.24) is 0 Å². The van der Waals surface area contributed by atoms with Gasteiger partial charge in [0, 0.05) is 6.42 Å². The third-order valence-electron chi connectivity index (χ3n) is 2.91. The van der Waals surface area contributed by atoms with Crippen LogP contribution in [-0.4, -0.2) is 21.4 Å². The predicted molar refractivity (Wildman–Crippen MR) is 66.4 cm³/mol. The van der Waals surface area contributed by atoms with Crippen LogP contribution in [0.3, 0.4) is 0 Å². The minimum absolute atomic E-state index is 0.0194. The Labute approximate surface area is 90.0 Å². The largest absolute Gasteiger partial charge is 0.522 e.